The summed E-state index contributed by atoms with van der Waals surface area (Å²) in [5.74, 6) is 0.00436. The van der Waals surface area contributed by atoms with E-state index in [2.05, 4.69) is 19.2 Å². The van der Waals surface area contributed by atoms with Crippen LogP contribution in [0.15, 0.2) is 24.3 Å². The van der Waals surface area contributed by atoms with Gasteiger partial charge in [0.15, 0.2) is 0 Å². The van der Waals surface area contributed by atoms with Gasteiger partial charge in [-0.15, -0.1) is 0 Å². The van der Waals surface area contributed by atoms with Crippen molar-refractivity contribution in [1.29, 1.82) is 0 Å². The highest BCUT2D eigenvalue weighted by Gasteiger charge is 2.19. The number of esters is 1. The third-order valence-electron chi connectivity index (χ3n) is 3.73. The molecule has 0 heterocycles. The third-order valence-corrected chi connectivity index (χ3v) is 3.73. The van der Waals surface area contributed by atoms with Crippen molar-refractivity contribution in [2.24, 2.45) is 5.92 Å². The highest BCUT2D eigenvalue weighted by molar-refractivity contribution is 5.78. The van der Waals surface area contributed by atoms with E-state index in [1.54, 1.807) is 0 Å². The molecule has 0 fully saturated rings. The van der Waals surface area contributed by atoms with Gasteiger partial charge in [-0.1, -0.05) is 56.5 Å². The normalized spacial score (nSPS) is 13.3. The lowest BCUT2D eigenvalue weighted by atomic mass is 9.99. The summed E-state index contributed by atoms with van der Waals surface area (Å²) in [4.78, 5) is 23.8. The van der Waals surface area contributed by atoms with E-state index >= 15 is 0 Å². The maximum absolute atomic E-state index is 12.2. The second-order valence-corrected chi connectivity index (χ2v) is 5.91. The predicted octanol–water partition coefficient (Wildman–Crippen LogP) is 3.54. The first kappa shape index (κ1) is 18.2. The lowest BCUT2D eigenvalue weighted by Gasteiger charge is -2.19. The maximum atomic E-state index is 12.2. The van der Waals surface area contributed by atoms with Crippen molar-refractivity contribution in [3.05, 3.63) is 35.4 Å². The molecule has 2 unspecified atom stereocenters. The number of hydrogen-bond donors (Lipinski definition) is 1. The van der Waals surface area contributed by atoms with Crippen LogP contribution in [0.4, 0.5) is 0 Å². The van der Waals surface area contributed by atoms with Crippen LogP contribution in [0.5, 0.6) is 0 Å². The molecule has 0 aliphatic heterocycles. The molecule has 0 spiro atoms. The maximum Gasteiger partial charge on any atom is 0.307 e. The summed E-state index contributed by atoms with van der Waals surface area (Å²) in [5, 5.41) is 2.97. The van der Waals surface area contributed by atoms with Crippen LogP contribution < -0.4 is 5.32 Å². The molecule has 0 aliphatic rings. The number of amides is 1. The minimum absolute atomic E-state index is 0.0181. The average molecular weight is 305 g/mol. The third kappa shape index (κ3) is 6.29. The molecule has 0 aromatic heterocycles. The number of benzene rings is 1. The molecule has 2 atom stereocenters. The van der Waals surface area contributed by atoms with Gasteiger partial charge < -0.3 is 10.1 Å². The minimum atomic E-state index is -0.339. The number of methoxy groups -OCH3 is 1. The Labute approximate surface area is 133 Å². The van der Waals surface area contributed by atoms with E-state index in [9.17, 15) is 9.59 Å². The van der Waals surface area contributed by atoms with E-state index < -0.39 is 0 Å². The minimum Gasteiger partial charge on any atom is -0.469 e. The Bertz CT molecular complexity index is 482. The van der Waals surface area contributed by atoms with Crippen LogP contribution in [-0.2, 0) is 14.3 Å². The van der Waals surface area contributed by atoms with Crippen molar-refractivity contribution >= 4 is 11.9 Å². The number of nitrogens with one attached hydrogen (secondary N) is 1. The van der Waals surface area contributed by atoms with Crippen molar-refractivity contribution < 1.29 is 14.3 Å². The fourth-order valence-electron chi connectivity index (χ4n) is 2.47. The Balaban J connectivity index is 2.75. The van der Waals surface area contributed by atoms with Gasteiger partial charge in [0.25, 0.3) is 0 Å². The van der Waals surface area contributed by atoms with Crippen LogP contribution in [0, 0.1) is 12.8 Å². The molecule has 0 saturated carbocycles. The first-order chi connectivity index (χ1) is 10.5. The number of aryl methyl sites for hydroxylation is 1. The van der Waals surface area contributed by atoms with Crippen LogP contribution >= 0.6 is 0 Å². The summed E-state index contributed by atoms with van der Waals surface area (Å²) in [5.41, 5.74) is 2.07. The molecule has 0 saturated heterocycles. The standard InChI is InChI=1S/C18H27NO3/c1-5-6-14(3)11-17(20)19-16(12-18(21)22-4)15-9-7-13(2)8-10-15/h7-10,14,16H,5-6,11-12H2,1-4H3,(H,19,20). The molecule has 22 heavy (non-hydrogen) atoms. The molecule has 1 N–H and O–H groups in total. The molecule has 0 bridgehead atoms. The Morgan fingerprint density at radius 3 is 2.36 bits per heavy atom. The van der Waals surface area contributed by atoms with Crippen molar-refractivity contribution in [3.63, 3.8) is 0 Å². The van der Waals surface area contributed by atoms with Crippen LogP contribution in [0.2, 0.25) is 0 Å². The van der Waals surface area contributed by atoms with Crippen LogP contribution in [0.1, 0.15) is 56.7 Å². The molecular formula is C18H27NO3. The highest BCUT2D eigenvalue weighted by Crippen LogP contribution is 2.19. The van der Waals surface area contributed by atoms with Gasteiger partial charge in [0, 0.05) is 6.42 Å². The zero-order valence-electron chi connectivity index (χ0n) is 14.0. The van der Waals surface area contributed by atoms with E-state index in [0.29, 0.717) is 12.3 Å². The number of ether oxygens (including phenoxy) is 1. The van der Waals surface area contributed by atoms with E-state index in [4.69, 9.17) is 4.74 Å². The van der Waals surface area contributed by atoms with Gasteiger partial charge in [-0.05, 0) is 18.4 Å². The molecule has 122 valence electrons. The quantitative estimate of drug-likeness (QED) is 0.747. The first-order valence-corrected chi connectivity index (χ1v) is 7.89. The van der Waals surface area contributed by atoms with Crippen LogP contribution in [-0.4, -0.2) is 19.0 Å². The van der Waals surface area contributed by atoms with E-state index in [1.165, 1.54) is 7.11 Å². The van der Waals surface area contributed by atoms with Gasteiger partial charge in [-0.3, -0.25) is 9.59 Å². The number of rotatable bonds is 8. The summed E-state index contributed by atoms with van der Waals surface area (Å²) in [6.07, 6.45) is 2.72. The van der Waals surface area contributed by atoms with Gasteiger partial charge >= 0.3 is 5.97 Å². The topological polar surface area (TPSA) is 55.4 Å². The summed E-state index contributed by atoms with van der Waals surface area (Å²) in [6, 6.07) is 7.50. The molecule has 1 amide bonds. The number of carbonyl (C=O) groups is 2. The molecule has 1 aromatic carbocycles. The fourth-order valence-corrected chi connectivity index (χ4v) is 2.47. The van der Waals surface area contributed by atoms with Gasteiger partial charge in [0.05, 0.1) is 19.6 Å². The lowest BCUT2D eigenvalue weighted by Crippen LogP contribution is -2.31. The average Bonchev–Trinajstić information content (AvgIpc) is 2.47. The zero-order chi connectivity index (χ0) is 16.5. The molecule has 4 nitrogen and oxygen atoms in total. The van der Waals surface area contributed by atoms with Gasteiger partial charge in [0.1, 0.15) is 0 Å². The summed E-state index contributed by atoms with van der Waals surface area (Å²) in [7, 11) is 1.36. The predicted molar refractivity (Wildman–Crippen MR) is 87.4 cm³/mol. The highest BCUT2D eigenvalue weighted by atomic mass is 16.5. The first-order valence-electron chi connectivity index (χ1n) is 7.89. The Morgan fingerprint density at radius 2 is 1.82 bits per heavy atom. The fraction of sp³-hybridized carbons (Fsp3) is 0.556. The Hall–Kier alpha value is -1.84. The van der Waals surface area contributed by atoms with E-state index in [0.717, 1.165) is 24.0 Å². The van der Waals surface area contributed by atoms with Crippen molar-refractivity contribution in [2.75, 3.05) is 7.11 Å². The smallest absolute Gasteiger partial charge is 0.307 e. The summed E-state index contributed by atoms with van der Waals surface area (Å²) >= 11 is 0. The van der Waals surface area contributed by atoms with Crippen molar-refractivity contribution in [3.8, 4) is 0 Å². The molecule has 4 heteroatoms. The molecular weight excluding hydrogens is 278 g/mol. The second kappa shape index (κ2) is 9.23. The summed E-state index contributed by atoms with van der Waals surface area (Å²) in [6.45, 7) is 6.19. The largest absolute Gasteiger partial charge is 0.469 e. The van der Waals surface area contributed by atoms with Crippen LogP contribution in [0.25, 0.3) is 0 Å². The zero-order valence-corrected chi connectivity index (χ0v) is 14.0. The monoisotopic (exact) mass is 305 g/mol. The SMILES string of the molecule is CCCC(C)CC(=O)NC(CC(=O)OC)c1ccc(C)cc1. The molecule has 1 aromatic rings. The van der Waals surface area contributed by atoms with Gasteiger partial charge in [-0.2, -0.15) is 0 Å². The molecule has 0 aliphatic carbocycles. The van der Waals surface area contributed by atoms with Gasteiger partial charge in [0.2, 0.25) is 5.91 Å². The molecule has 0 radical (unpaired) electrons. The lowest BCUT2D eigenvalue weighted by molar-refractivity contribution is -0.141. The Morgan fingerprint density at radius 1 is 1.18 bits per heavy atom. The van der Waals surface area contributed by atoms with Crippen LogP contribution in [0.3, 0.4) is 0 Å². The second-order valence-electron chi connectivity index (χ2n) is 5.91. The van der Waals surface area contributed by atoms with Gasteiger partial charge in [-0.25, -0.2) is 0 Å². The van der Waals surface area contributed by atoms with Crippen molar-refractivity contribution in [2.45, 2.75) is 52.5 Å². The number of carbonyl (C=O) groups excluding carboxylic acids is 2. The van der Waals surface area contributed by atoms with Crippen molar-refractivity contribution in [1.82, 2.24) is 5.32 Å². The van der Waals surface area contributed by atoms with E-state index in [1.807, 2.05) is 31.2 Å². The number of hydrogen-bond acceptors (Lipinski definition) is 3. The van der Waals surface area contributed by atoms with E-state index in [-0.39, 0.29) is 24.3 Å². The Kier molecular flexibility index (Phi) is 7.64. The summed E-state index contributed by atoms with van der Waals surface area (Å²) < 4.78 is 4.74. The molecule has 1 rings (SSSR count).